The van der Waals surface area contributed by atoms with Gasteiger partial charge in [-0.1, -0.05) is 83.9 Å². The molecule has 7 rings (SSSR count). The Kier molecular flexibility index (Phi) is 7.86. The van der Waals surface area contributed by atoms with E-state index in [0.717, 1.165) is 34.4 Å². The number of aromatic nitrogens is 2. The molecule has 0 unspecified atom stereocenters. The maximum atomic E-state index is 15.4. The zero-order valence-corrected chi connectivity index (χ0v) is 25.6. The Morgan fingerprint density at radius 1 is 0.565 bits per heavy atom. The van der Waals surface area contributed by atoms with E-state index in [9.17, 15) is 19.3 Å². The summed E-state index contributed by atoms with van der Waals surface area (Å²) in [6, 6.07) is 35.3. The summed E-state index contributed by atoms with van der Waals surface area (Å²) in [5.74, 6) is -4.23. The number of hydrogen-bond acceptors (Lipinski definition) is 4. The normalized spacial score (nSPS) is 12.3. The predicted octanol–water partition coefficient (Wildman–Crippen LogP) is 8.07. The molecule has 0 N–H and O–H groups in total. The molecular formula is C37H16F4N4Pt. The van der Waals surface area contributed by atoms with Gasteiger partial charge in [-0.3, -0.25) is 27.5 Å². The Morgan fingerprint density at radius 2 is 0.978 bits per heavy atom. The summed E-state index contributed by atoms with van der Waals surface area (Å²) < 4.78 is 59.1. The number of benzene rings is 4. The molecule has 0 spiro atoms. The second-order valence-corrected chi connectivity index (χ2v) is 10.3. The van der Waals surface area contributed by atoms with E-state index in [1.807, 2.05) is 48.5 Å². The fourth-order valence-corrected chi connectivity index (χ4v) is 6.06. The smallest absolute Gasteiger partial charge is 0.299 e. The Balaban J connectivity index is 0.00000372. The molecule has 0 amide bonds. The van der Waals surface area contributed by atoms with Gasteiger partial charge >= 0.3 is 21.1 Å². The van der Waals surface area contributed by atoms with Crippen LogP contribution in [0.1, 0.15) is 33.6 Å². The van der Waals surface area contributed by atoms with Gasteiger partial charge in [0.05, 0.1) is 46.8 Å². The summed E-state index contributed by atoms with van der Waals surface area (Å²) in [4.78, 5) is 9.76. The largest absolute Gasteiger partial charge is 2.00 e. The Morgan fingerprint density at radius 3 is 1.39 bits per heavy atom. The number of rotatable bonds is 4. The second kappa shape index (κ2) is 11.8. The molecule has 222 valence electrons. The predicted molar refractivity (Wildman–Crippen MR) is 157 cm³/mol. The summed E-state index contributed by atoms with van der Waals surface area (Å²) in [5.41, 5.74) is 1.35. The maximum Gasteiger partial charge on any atom is 2.00 e. The van der Waals surface area contributed by atoms with Crippen LogP contribution in [-0.4, -0.2) is 9.97 Å². The van der Waals surface area contributed by atoms with Gasteiger partial charge in [0.25, 0.3) is 0 Å². The van der Waals surface area contributed by atoms with E-state index in [0.29, 0.717) is 11.4 Å². The minimum atomic E-state index is -1.22. The zero-order valence-electron chi connectivity index (χ0n) is 23.4. The number of halogens is 4. The fraction of sp³-hybridized carbons (Fsp3) is 0.0270. The Bertz CT molecular complexity index is 2110. The van der Waals surface area contributed by atoms with Crippen LogP contribution in [0.25, 0.3) is 33.6 Å². The van der Waals surface area contributed by atoms with Crippen molar-refractivity contribution in [3.05, 3.63) is 166 Å². The van der Waals surface area contributed by atoms with Crippen LogP contribution >= 0.6 is 0 Å². The second-order valence-electron chi connectivity index (χ2n) is 10.3. The standard InChI is InChI=1S/C37H16F4N4.Pt/c38-29-17-15-23(35(40)25(29)19-42)31-11-5-13-33(44-31)37(27-9-3-1-7-21(27)22-8-2-4-10-28(22)37)34-14-6-12-32(45-34)24-16-18-30(39)26(20-43)36(24)41;/h1-14,17-18H;/q-2;+2. The van der Waals surface area contributed by atoms with Crippen molar-refractivity contribution in [2.24, 2.45) is 0 Å². The molecule has 0 saturated heterocycles. The minimum Gasteiger partial charge on any atom is -0.299 e. The van der Waals surface area contributed by atoms with E-state index in [4.69, 9.17) is 9.97 Å². The van der Waals surface area contributed by atoms with Crippen LogP contribution < -0.4 is 0 Å². The molecule has 4 aromatic carbocycles. The van der Waals surface area contributed by atoms with E-state index in [-0.39, 0.29) is 43.6 Å². The number of hydrogen-bond donors (Lipinski definition) is 0. The van der Waals surface area contributed by atoms with Crippen LogP contribution in [0.2, 0.25) is 0 Å². The molecule has 6 aromatic rings. The Hall–Kier alpha value is -5.43. The molecule has 1 aliphatic rings. The Labute approximate surface area is 275 Å². The summed E-state index contributed by atoms with van der Waals surface area (Å²) in [5, 5.41) is 18.7. The molecule has 0 saturated carbocycles. The van der Waals surface area contributed by atoms with Crippen molar-refractivity contribution in [2.75, 3.05) is 0 Å². The summed E-state index contributed by atoms with van der Waals surface area (Å²) in [6.45, 7) is 0. The van der Waals surface area contributed by atoms with Crippen molar-refractivity contribution in [3.8, 4) is 45.8 Å². The van der Waals surface area contributed by atoms with Crippen LogP contribution in [-0.2, 0) is 26.5 Å². The van der Waals surface area contributed by atoms with Gasteiger partial charge in [-0.05, 0) is 45.8 Å². The van der Waals surface area contributed by atoms with Crippen molar-refractivity contribution in [2.45, 2.75) is 5.41 Å². The topological polar surface area (TPSA) is 73.4 Å². The monoisotopic (exact) mass is 787 g/mol. The van der Waals surface area contributed by atoms with E-state index in [2.05, 4.69) is 12.1 Å². The first-order valence-electron chi connectivity index (χ1n) is 13.6. The van der Waals surface area contributed by atoms with Crippen LogP contribution in [0.5, 0.6) is 0 Å². The number of fused-ring (bicyclic) bond motifs is 3. The number of nitrogens with zero attached hydrogens (tertiary/aromatic N) is 4. The van der Waals surface area contributed by atoms with Gasteiger partial charge in [0.1, 0.15) is 5.41 Å². The average Bonchev–Trinajstić information content (AvgIpc) is 3.37. The molecule has 0 fully saturated rings. The van der Waals surface area contributed by atoms with Crippen LogP contribution in [0.3, 0.4) is 0 Å². The van der Waals surface area contributed by atoms with Gasteiger partial charge in [0, 0.05) is 11.1 Å². The summed E-state index contributed by atoms with van der Waals surface area (Å²) in [7, 11) is 0. The van der Waals surface area contributed by atoms with Crippen molar-refractivity contribution in [1.82, 2.24) is 9.97 Å². The van der Waals surface area contributed by atoms with Gasteiger partial charge in [0.15, 0.2) is 0 Å². The van der Waals surface area contributed by atoms with Crippen LogP contribution in [0.4, 0.5) is 17.6 Å². The van der Waals surface area contributed by atoms with E-state index in [1.165, 1.54) is 12.1 Å². The molecule has 0 radical (unpaired) electrons. The number of pyridine rings is 2. The zero-order chi connectivity index (χ0) is 31.3. The molecular weight excluding hydrogens is 772 g/mol. The first-order valence-corrected chi connectivity index (χ1v) is 13.6. The third-order valence-corrected chi connectivity index (χ3v) is 8.00. The molecule has 0 bridgehead atoms. The van der Waals surface area contributed by atoms with Crippen molar-refractivity contribution < 1.29 is 38.6 Å². The molecule has 0 atom stereocenters. The van der Waals surface area contributed by atoms with Crippen molar-refractivity contribution in [3.63, 3.8) is 0 Å². The van der Waals surface area contributed by atoms with E-state index >= 15 is 8.78 Å². The third kappa shape index (κ3) is 4.45. The molecule has 1 aliphatic carbocycles. The first-order chi connectivity index (χ1) is 21.9. The molecule has 4 nitrogen and oxygen atoms in total. The average molecular weight is 788 g/mol. The summed E-state index contributed by atoms with van der Waals surface area (Å²) in [6.07, 6.45) is 0. The van der Waals surface area contributed by atoms with Crippen LogP contribution in [0, 0.1) is 58.1 Å². The van der Waals surface area contributed by atoms with Crippen molar-refractivity contribution >= 4 is 0 Å². The molecule has 46 heavy (non-hydrogen) atoms. The maximum absolute atomic E-state index is 15.4. The van der Waals surface area contributed by atoms with Gasteiger partial charge < -0.3 is 0 Å². The SMILES string of the molecule is N#Cc1c(F)c[c-]c(-c2cccc(C3(c4cccc(-c5[c-]cc(F)c(C#N)c5F)n4)c4ccccc4-c4ccccc43)n2)c1F.[Pt+2]. The van der Waals surface area contributed by atoms with Gasteiger partial charge in [0.2, 0.25) is 0 Å². The van der Waals surface area contributed by atoms with Gasteiger partial charge in [-0.15, -0.1) is 24.3 Å². The summed E-state index contributed by atoms with van der Waals surface area (Å²) >= 11 is 0. The van der Waals surface area contributed by atoms with Crippen molar-refractivity contribution in [1.29, 1.82) is 10.5 Å². The van der Waals surface area contributed by atoms with E-state index in [1.54, 1.807) is 36.4 Å². The fourth-order valence-electron chi connectivity index (χ4n) is 6.06. The minimum absolute atomic E-state index is 0. The molecule has 2 heterocycles. The molecule has 0 aliphatic heterocycles. The third-order valence-electron chi connectivity index (χ3n) is 8.00. The first kappa shape index (κ1) is 30.6. The van der Waals surface area contributed by atoms with Gasteiger partial charge in [-0.25, -0.2) is 0 Å². The number of nitriles is 2. The van der Waals surface area contributed by atoms with Gasteiger partial charge in [-0.2, -0.15) is 10.5 Å². The van der Waals surface area contributed by atoms with Crippen LogP contribution in [0.15, 0.2) is 97.1 Å². The molecule has 2 aromatic heterocycles. The quantitative estimate of drug-likeness (QED) is 0.134. The van der Waals surface area contributed by atoms with E-state index < -0.39 is 39.8 Å². The molecule has 9 heteroatoms.